The van der Waals surface area contributed by atoms with E-state index in [2.05, 4.69) is 13.8 Å². The molecule has 16 heavy (non-hydrogen) atoms. The van der Waals surface area contributed by atoms with Crippen molar-refractivity contribution in [3.63, 3.8) is 0 Å². The third-order valence-corrected chi connectivity index (χ3v) is 2.92. The molecule has 0 fully saturated rings. The van der Waals surface area contributed by atoms with Crippen LogP contribution in [0.15, 0.2) is 18.2 Å². The summed E-state index contributed by atoms with van der Waals surface area (Å²) in [6.45, 7) is 5.02. The Morgan fingerprint density at radius 2 is 2.19 bits per heavy atom. The minimum absolute atomic E-state index is 0.165. The third kappa shape index (κ3) is 2.62. The Morgan fingerprint density at radius 3 is 2.88 bits per heavy atom. The van der Waals surface area contributed by atoms with E-state index in [1.165, 1.54) is 0 Å². The van der Waals surface area contributed by atoms with Crippen LogP contribution in [0.1, 0.15) is 25.8 Å². The van der Waals surface area contributed by atoms with Crippen molar-refractivity contribution in [3.05, 3.63) is 23.8 Å². The molecular formula is C13H17ClO2. The molecule has 0 saturated heterocycles. The normalized spacial score (nSPS) is 18.9. The van der Waals surface area contributed by atoms with Crippen LogP contribution in [0, 0.1) is 5.92 Å². The number of fused-ring (bicyclic) bond motifs is 1. The molecule has 1 aromatic rings. The van der Waals surface area contributed by atoms with Crippen molar-refractivity contribution in [2.45, 2.75) is 32.3 Å². The number of halogens is 1. The maximum atomic E-state index is 5.90. The number of hydrogen-bond acceptors (Lipinski definition) is 2. The largest absolute Gasteiger partial charge is 0.486 e. The molecule has 88 valence electrons. The molecule has 0 amide bonds. The molecule has 0 spiro atoms. The van der Waals surface area contributed by atoms with E-state index in [0.29, 0.717) is 18.4 Å². The Hall–Kier alpha value is -0.890. The molecule has 0 N–H and O–H groups in total. The van der Waals surface area contributed by atoms with Crippen molar-refractivity contribution >= 4 is 11.6 Å². The van der Waals surface area contributed by atoms with Crippen LogP contribution in [-0.4, -0.2) is 12.7 Å². The van der Waals surface area contributed by atoms with Crippen LogP contribution >= 0.6 is 11.6 Å². The van der Waals surface area contributed by atoms with E-state index < -0.39 is 0 Å². The third-order valence-electron chi connectivity index (χ3n) is 2.62. The zero-order valence-corrected chi connectivity index (χ0v) is 10.5. The van der Waals surface area contributed by atoms with Gasteiger partial charge in [-0.05, 0) is 30.0 Å². The first-order valence-electron chi connectivity index (χ1n) is 5.67. The number of benzene rings is 1. The van der Waals surface area contributed by atoms with Crippen LogP contribution in [0.4, 0.5) is 0 Å². The molecule has 0 aliphatic carbocycles. The molecule has 0 radical (unpaired) electrons. The van der Waals surface area contributed by atoms with Gasteiger partial charge in [0.2, 0.25) is 0 Å². The molecule has 3 heteroatoms. The fourth-order valence-corrected chi connectivity index (χ4v) is 2.05. The van der Waals surface area contributed by atoms with Gasteiger partial charge in [0.1, 0.15) is 12.7 Å². The van der Waals surface area contributed by atoms with Crippen molar-refractivity contribution in [2.75, 3.05) is 6.61 Å². The first kappa shape index (κ1) is 11.6. The highest BCUT2D eigenvalue weighted by Gasteiger charge is 2.21. The van der Waals surface area contributed by atoms with E-state index in [4.69, 9.17) is 21.1 Å². The molecule has 0 saturated carbocycles. The van der Waals surface area contributed by atoms with Gasteiger partial charge in [0.25, 0.3) is 0 Å². The zero-order chi connectivity index (χ0) is 11.5. The van der Waals surface area contributed by atoms with E-state index in [9.17, 15) is 0 Å². The zero-order valence-electron chi connectivity index (χ0n) is 9.70. The van der Waals surface area contributed by atoms with Gasteiger partial charge < -0.3 is 9.47 Å². The van der Waals surface area contributed by atoms with Gasteiger partial charge in [0.15, 0.2) is 11.5 Å². The Morgan fingerprint density at radius 1 is 1.38 bits per heavy atom. The lowest BCUT2D eigenvalue weighted by atomic mass is 10.1. The molecule has 2 nitrogen and oxygen atoms in total. The van der Waals surface area contributed by atoms with Gasteiger partial charge in [-0.3, -0.25) is 0 Å². The van der Waals surface area contributed by atoms with E-state index in [0.717, 1.165) is 23.5 Å². The second kappa shape index (κ2) is 4.96. The van der Waals surface area contributed by atoms with Gasteiger partial charge in [-0.1, -0.05) is 19.9 Å². The Kier molecular flexibility index (Phi) is 3.59. The number of alkyl halides is 1. The lowest BCUT2D eigenvalue weighted by Crippen LogP contribution is -2.30. The lowest BCUT2D eigenvalue weighted by Gasteiger charge is -2.27. The predicted octanol–water partition coefficient (Wildman–Crippen LogP) is 3.61. The molecule has 1 aliphatic heterocycles. The Bertz CT molecular complexity index is 363. The van der Waals surface area contributed by atoms with Crippen LogP contribution < -0.4 is 9.47 Å². The highest BCUT2D eigenvalue weighted by molar-refractivity contribution is 6.17. The Labute approximate surface area is 102 Å². The second-order valence-electron chi connectivity index (χ2n) is 4.60. The number of hydrogen-bond donors (Lipinski definition) is 0. The lowest BCUT2D eigenvalue weighted by molar-refractivity contribution is 0.0758. The topological polar surface area (TPSA) is 18.5 Å². The van der Waals surface area contributed by atoms with Gasteiger partial charge in [-0.25, -0.2) is 0 Å². The average molecular weight is 241 g/mol. The van der Waals surface area contributed by atoms with E-state index >= 15 is 0 Å². The van der Waals surface area contributed by atoms with Gasteiger partial charge in [0.05, 0.1) is 0 Å². The minimum atomic E-state index is 0.165. The van der Waals surface area contributed by atoms with Crippen molar-refractivity contribution in [2.24, 2.45) is 5.92 Å². The highest BCUT2D eigenvalue weighted by Crippen LogP contribution is 2.34. The maximum Gasteiger partial charge on any atom is 0.162 e. The number of rotatable bonds is 3. The van der Waals surface area contributed by atoms with Gasteiger partial charge in [0, 0.05) is 5.88 Å². The summed E-state index contributed by atoms with van der Waals surface area (Å²) in [5.74, 6) is 2.78. The maximum absolute atomic E-state index is 5.90. The summed E-state index contributed by atoms with van der Waals surface area (Å²) in [5.41, 5.74) is 1.06. The molecule has 0 aromatic heterocycles. The van der Waals surface area contributed by atoms with Crippen LogP contribution in [0.3, 0.4) is 0 Å². The summed E-state index contributed by atoms with van der Waals surface area (Å²) in [7, 11) is 0. The first-order chi connectivity index (χ1) is 7.69. The first-order valence-corrected chi connectivity index (χ1v) is 6.21. The predicted molar refractivity (Wildman–Crippen MR) is 65.4 cm³/mol. The number of ether oxygens (including phenoxy) is 2. The average Bonchev–Trinajstić information content (AvgIpc) is 2.27. The van der Waals surface area contributed by atoms with Crippen LogP contribution in [-0.2, 0) is 5.88 Å². The summed E-state index contributed by atoms with van der Waals surface area (Å²) < 4.78 is 11.6. The molecule has 1 aromatic carbocycles. The summed E-state index contributed by atoms with van der Waals surface area (Å²) >= 11 is 5.79. The van der Waals surface area contributed by atoms with E-state index in [-0.39, 0.29) is 6.10 Å². The SMILES string of the molecule is CC(C)CC1COc2ccc(CCl)cc2O1. The standard InChI is InChI=1S/C13H17ClO2/c1-9(2)5-11-8-15-12-4-3-10(7-14)6-13(12)16-11/h3-4,6,9,11H,5,7-8H2,1-2H3. The summed E-state index contributed by atoms with van der Waals surface area (Å²) in [6, 6.07) is 5.87. The minimum Gasteiger partial charge on any atom is -0.486 e. The molecule has 1 atom stereocenters. The summed E-state index contributed by atoms with van der Waals surface area (Å²) in [4.78, 5) is 0. The fourth-order valence-electron chi connectivity index (χ4n) is 1.89. The smallest absolute Gasteiger partial charge is 0.162 e. The van der Waals surface area contributed by atoms with Crippen LogP contribution in [0.2, 0.25) is 0 Å². The van der Waals surface area contributed by atoms with E-state index in [1.54, 1.807) is 0 Å². The molecule has 1 aliphatic rings. The fraction of sp³-hybridized carbons (Fsp3) is 0.538. The quantitative estimate of drug-likeness (QED) is 0.752. The van der Waals surface area contributed by atoms with Crippen LogP contribution in [0.5, 0.6) is 11.5 Å². The molecule has 2 rings (SSSR count). The van der Waals surface area contributed by atoms with Crippen molar-refractivity contribution in [1.82, 2.24) is 0 Å². The Balaban J connectivity index is 2.12. The van der Waals surface area contributed by atoms with Gasteiger partial charge in [-0.15, -0.1) is 11.6 Å². The molecule has 1 heterocycles. The molecule has 1 unspecified atom stereocenters. The van der Waals surface area contributed by atoms with Gasteiger partial charge in [-0.2, -0.15) is 0 Å². The van der Waals surface area contributed by atoms with Crippen LogP contribution in [0.25, 0.3) is 0 Å². The van der Waals surface area contributed by atoms with Crippen molar-refractivity contribution in [3.8, 4) is 11.5 Å². The monoisotopic (exact) mass is 240 g/mol. The molecule has 0 bridgehead atoms. The second-order valence-corrected chi connectivity index (χ2v) is 4.86. The van der Waals surface area contributed by atoms with Crippen molar-refractivity contribution < 1.29 is 9.47 Å². The summed E-state index contributed by atoms with van der Waals surface area (Å²) in [6.07, 6.45) is 1.18. The van der Waals surface area contributed by atoms with Gasteiger partial charge >= 0.3 is 0 Å². The molecular weight excluding hydrogens is 224 g/mol. The van der Waals surface area contributed by atoms with Crippen molar-refractivity contribution in [1.29, 1.82) is 0 Å². The summed E-state index contributed by atoms with van der Waals surface area (Å²) in [5, 5.41) is 0. The highest BCUT2D eigenvalue weighted by atomic mass is 35.5. The van der Waals surface area contributed by atoms with E-state index in [1.807, 2.05) is 18.2 Å².